The second-order valence-electron chi connectivity index (χ2n) is 5.29. The lowest BCUT2D eigenvalue weighted by molar-refractivity contribution is 0.318. The Bertz CT molecular complexity index is 678. The van der Waals surface area contributed by atoms with E-state index < -0.39 is 0 Å². The fraction of sp³-hybridized carbons (Fsp3) is 0.278. The van der Waals surface area contributed by atoms with E-state index >= 15 is 0 Å². The van der Waals surface area contributed by atoms with Crippen LogP contribution in [0.4, 0.5) is 5.69 Å². The molecule has 2 rings (SSSR count). The van der Waals surface area contributed by atoms with Gasteiger partial charge in [-0.1, -0.05) is 26.0 Å². The second-order valence-corrected chi connectivity index (χ2v) is 5.29. The number of para-hydroxylation sites is 1. The lowest BCUT2D eigenvalue weighted by Crippen LogP contribution is -1.93. The molecule has 0 radical (unpaired) electrons. The SMILES string of the molecule is CCOc1cccc(C=Nc2cc(C(C)C)ccc2O)c1O. The van der Waals surface area contributed by atoms with Gasteiger partial charge in [0.05, 0.1) is 6.61 Å². The molecule has 116 valence electrons. The molecule has 0 amide bonds. The summed E-state index contributed by atoms with van der Waals surface area (Å²) in [5, 5.41) is 20.0. The molecule has 2 aromatic rings. The van der Waals surface area contributed by atoms with E-state index in [1.165, 1.54) is 6.21 Å². The molecule has 2 N–H and O–H groups in total. The number of ether oxygens (including phenoxy) is 1. The van der Waals surface area contributed by atoms with Gasteiger partial charge in [0.25, 0.3) is 0 Å². The maximum absolute atomic E-state index is 10.1. The maximum atomic E-state index is 10.1. The first kappa shape index (κ1) is 15.9. The predicted octanol–water partition coefficient (Wildman–Crippen LogP) is 4.37. The molecule has 4 heteroatoms. The van der Waals surface area contributed by atoms with E-state index in [0.29, 0.717) is 29.5 Å². The summed E-state index contributed by atoms with van der Waals surface area (Å²) in [6.07, 6.45) is 1.52. The third kappa shape index (κ3) is 3.58. The number of phenols is 2. The standard InChI is InChI=1S/C18H21NO3/c1-4-22-17-7-5-6-14(18(17)21)11-19-15-10-13(12(2)3)8-9-16(15)20/h5-12,20-21H,4H2,1-3H3. The highest BCUT2D eigenvalue weighted by Gasteiger charge is 2.07. The average molecular weight is 299 g/mol. The molecule has 2 aromatic carbocycles. The summed E-state index contributed by atoms with van der Waals surface area (Å²) in [4.78, 5) is 4.29. The van der Waals surface area contributed by atoms with Gasteiger partial charge in [-0.25, -0.2) is 0 Å². The maximum Gasteiger partial charge on any atom is 0.166 e. The third-order valence-corrected chi connectivity index (χ3v) is 3.34. The van der Waals surface area contributed by atoms with Crippen molar-refractivity contribution in [1.29, 1.82) is 0 Å². The van der Waals surface area contributed by atoms with Crippen molar-refractivity contribution in [2.45, 2.75) is 26.7 Å². The first-order valence-electron chi connectivity index (χ1n) is 7.34. The molecule has 0 aliphatic heterocycles. The van der Waals surface area contributed by atoms with E-state index in [1.807, 2.05) is 19.1 Å². The Morgan fingerprint density at radius 3 is 2.64 bits per heavy atom. The second kappa shape index (κ2) is 6.98. The van der Waals surface area contributed by atoms with Gasteiger partial charge in [-0.15, -0.1) is 0 Å². The highest BCUT2D eigenvalue weighted by atomic mass is 16.5. The molecular weight excluding hydrogens is 278 g/mol. The lowest BCUT2D eigenvalue weighted by Gasteiger charge is -2.08. The monoisotopic (exact) mass is 299 g/mol. The van der Waals surface area contributed by atoms with Gasteiger partial charge in [-0.3, -0.25) is 4.99 Å². The van der Waals surface area contributed by atoms with Crippen molar-refractivity contribution >= 4 is 11.9 Å². The van der Waals surface area contributed by atoms with Crippen LogP contribution in [0.3, 0.4) is 0 Å². The van der Waals surface area contributed by atoms with Crippen LogP contribution in [0.1, 0.15) is 37.8 Å². The van der Waals surface area contributed by atoms with E-state index in [4.69, 9.17) is 4.74 Å². The first-order chi connectivity index (χ1) is 10.5. The van der Waals surface area contributed by atoms with E-state index in [9.17, 15) is 10.2 Å². The molecule has 22 heavy (non-hydrogen) atoms. The number of phenolic OH excluding ortho intramolecular Hbond substituents is 2. The van der Waals surface area contributed by atoms with E-state index in [0.717, 1.165) is 5.56 Å². The quantitative estimate of drug-likeness (QED) is 0.806. The fourth-order valence-electron chi connectivity index (χ4n) is 2.06. The molecule has 0 aromatic heterocycles. The minimum atomic E-state index is 0.0487. The molecule has 0 spiro atoms. The number of benzene rings is 2. The molecule has 0 saturated carbocycles. The van der Waals surface area contributed by atoms with E-state index in [1.54, 1.807) is 24.3 Å². The van der Waals surface area contributed by atoms with Gasteiger partial charge < -0.3 is 14.9 Å². The van der Waals surface area contributed by atoms with E-state index in [2.05, 4.69) is 18.8 Å². The van der Waals surface area contributed by atoms with Crippen molar-refractivity contribution in [3.63, 3.8) is 0 Å². The minimum absolute atomic E-state index is 0.0487. The highest BCUT2D eigenvalue weighted by molar-refractivity contribution is 5.87. The van der Waals surface area contributed by atoms with Gasteiger partial charge in [-0.05, 0) is 42.7 Å². The smallest absolute Gasteiger partial charge is 0.166 e. The van der Waals surface area contributed by atoms with E-state index in [-0.39, 0.29) is 11.5 Å². The van der Waals surface area contributed by atoms with Crippen LogP contribution in [0.25, 0.3) is 0 Å². The van der Waals surface area contributed by atoms with Gasteiger partial charge in [0.1, 0.15) is 11.4 Å². The van der Waals surface area contributed by atoms with Crippen LogP contribution in [0.2, 0.25) is 0 Å². The Balaban J connectivity index is 2.33. The van der Waals surface area contributed by atoms with Crippen molar-refractivity contribution in [1.82, 2.24) is 0 Å². The van der Waals surface area contributed by atoms with Gasteiger partial charge >= 0.3 is 0 Å². The summed E-state index contributed by atoms with van der Waals surface area (Å²) < 4.78 is 5.34. The topological polar surface area (TPSA) is 62.0 Å². The van der Waals surface area contributed by atoms with Crippen LogP contribution >= 0.6 is 0 Å². The third-order valence-electron chi connectivity index (χ3n) is 3.34. The molecule has 0 saturated heterocycles. The molecule has 0 unspecified atom stereocenters. The largest absolute Gasteiger partial charge is 0.506 e. The number of aromatic hydroxyl groups is 2. The molecular formula is C18H21NO3. The average Bonchev–Trinajstić information content (AvgIpc) is 2.49. The van der Waals surface area contributed by atoms with Crippen molar-refractivity contribution in [3.05, 3.63) is 47.5 Å². The predicted molar refractivity (Wildman–Crippen MR) is 88.7 cm³/mol. The highest BCUT2D eigenvalue weighted by Crippen LogP contribution is 2.32. The van der Waals surface area contributed by atoms with Crippen LogP contribution in [-0.2, 0) is 0 Å². The van der Waals surface area contributed by atoms with Crippen LogP contribution in [-0.4, -0.2) is 23.0 Å². The van der Waals surface area contributed by atoms with Crippen molar-refractivity contribution in [2.75, 3.05) is 6.61 Å². The van der Waals surface area contributed by atoms with Gasteiger partial charge in [0.15, 0.2) is 11.5 Å². The van der Waals surface area contributed by atoms with Gasteiger partial charge in [-0.2, -0.15) is 0 Å². The normalized spacial score (nSPS) is 11.3. The lowest BCUT2D eigenvalue weighted by atomic mass is 10.0. The van der Waals surface area contributed by atoms with Gasteiger partial charge in [0.2, 0.25) is 0 Å². The van der Waals surface area contributed by atoms with Crippen LogP contribution < -0.4 is 4.74 Å². The molecule has 0 atom stereocenters. The molecule has 4 nitrogen and oxygen atoms in total. The zero-order valence-electron chi connectivity index (χ0n) is 13.1. The first-order valence-corrected chi connectivity index (χ1v) is 7.34. The Hall–Kier alpha value is -2.49. The van der Waals surface area contributed by atoms with Crippen LogP contribution in [0.15, 0.2) is 41.4 Å². The molecule has 0 aliphatic rings. The zero-order valence-corrected chi connectivity index (χ0v) is 13.1. The summed E-state index contributed by atoms with van der Waals surface area (Å²) in [5.74, 6) is 0.935. The van der Waals surface area contributed by atoms with Gasteiger partial charge in [0, 0.05) is 11.8 Å². The summed E-state index contributed by atoms with van der Waals surface area (Å²) in [6.45, 7) is 6.50. The summed E-state index contributed by atoms with van der Waals surface area (Å²) >= 11 is 0. The van der Waals surface area contributed by atoms with Crippen molar-refractivity contribution in [3.8, 4) is 17.2 Å². The zero-order chi connectivity index (χ0) is 16.1. The summed E-state index contributed by atoms with van der Waals surface area (Å²) in [6, 6.07) is 10.6. The fourth-order valence-corrected chi connectivity index (χ4v) is 2.06. The van der Waals surface area contributed by atoms with Crippen molar-refractivity contribution in [2.24, 2.45) is 4.99 Å². The van der Waals surface area contributed by atoms with Crippen molar-refractivity contribution < 1.29 is 14.9 Å². The summed E-state index contributed by atoms with van der Waals surface area (Å²) in [5.41, 5.74) is 2.12. The minimum Gasteiger partial charge on any atom is -0.506 e. The molecule has 0 fully saturated rings. The number of hydrogen-bond donors (Lipinski definition) is 2. The van der Waals surface area contributed by atoms with Crippen LogP contribution in [0, 0.1) is 0 Å². The Kier molecular flexibility index (Phi) is 5.04. The summed E-state index contributed by atoms with van der Waals surface area (Å²) in [7, 11) is 0. The Morgan fingerprint density at radius 2 is 1.95 bits per heavy atom. The number of nitrogens with zero attached hydrogens (tertiary/aromatic N) is 1. The Labute approximate surface area is 130 Å². The number of rotatable bonds is 5. The van der Waals surface area contributed by atoms with Crippen LogP contribution in [0.5, 0.6) is 17.2 Å². The molecule has 0 aliphatic carbocycles. The number of aliphatic imine (C=N–C) groups is 1. The number of hydrogen-bond acceptors (Lipinski definition) is 4. The molecule has 0 heterocycles. The Morgan fingerprint density at radius 1 is 1.18 bits per heavy atom. The molecule has 0 bridgehead atoms.